The summed E-state index contributed by atoms with van der Waals surface area (Å²) in [5.41, 5.74) is 0.783. The number of carbonyl (C=O) groups is 1. The number of nitrogens with zero attached hydrogens (tertiary/aromatic N) is 1. The summed E-state index contributed by atoms with van der Waals surface area (Å²) >= 11 is 0. The van der Waals surface area contributed by atoms with Crippen molar-refractivity contribution in [2.24, 2.45) is 0 Å². The van der Waals surface area contributed by atoms with Gasteiger partial charge in [-0.15, -0.1) is 0 Å². The van der Waals surface area contributed by atoms with E-state index in [-0.39, 0.29) is 6.42 Å². The molecule has 0 aliphatic carbocycles. The van der Waals surface area contributed by atoms with Crippen LogP contribution in [0, 0.1) is 0 Å². The first kappa shape index (κ1) is 14.0. The Morgan fingerprint density at radius 2 is 2.29 bits per heavy atom. The molecule has 0 saturated heterocycles. The van der Waals surface area contributed by atoms with E-state index in [9.17, 15) is 4.79 Å². The zero-order valence-electron chi connectivity index (χ0n) is 10.8. The predicted octanol–water partition coefficient (Wildman–Crippen LogP) is 1.48. The molecule has 0 aromatic heterocycles. The lowest BCUT2D eigenvalue weighted by Crippen LogP contribution is -2.29. The normalized spacial score (nSPS) is 15.7. The largest absolute Gasteiger partial charge is 0.481 e. The third-order valence-corrected chi connectivity index (χ3v) is 4.24. The molecule has 0 radical (unpaired) electrons. The summed E-state index contributed by atoms with van der Waals surface area (Å²) in [6.07, 6.45) is 1.79. The van der Waals surface area contributed by atoms with E-state index < -0.39 is 14.0 Å². The van der Waals surface area contributed by atoms with Crippen molar-refractivity contribution in [2.75, 3.05) is 20.0 Å². The predicted molar refractivity (Wildman–Crippen MR) is 69.1 cm³/mol. The van der Waals surface area contributed by atoms with Gasteiger partial charge in [0.1, 0.15) is 6.73 Å². The van der Waals surface area contributed by atoms with Crippen LogP contribution in [-0.2, 0) is 9.53 Å². The summed E-state index contributed by atoms with van der Waals surface area (Å²) < 4.78 is 5.59. The average Bonchev–Trinajstić information content (AvgIpc) is 2.58. The molecular formula is C11H22N2O3Si. The molecule has 0 spiro atoms. The molecule has 0 saturated carbocycles. The minimum Gasteiger partial charge on any atom is -0.481 e. The fourth-order valence-electron chi connectivity index (χ4n) is 1.47. The molecule has 98 valence electrons. The number of nitrogens with one attached hydrogen (secondary N) is 1. The van der Waals surface area contributed by atoms with Crippen LogP contribution in [0.25, 0.3) is 0 Å². The molecule has 0 amide bonds. The Balaban J connectivity index is 2.23. The second-order valence-electron chi connectivity index (χ2n) is 5.46. The van der Waals surface area contributed by atoms with Crippen LogP contribution >= 0.6 is 0 Å². The second-order valence-corrected chi connectivity index (χ2v) is 11.1. The maximum atomic E-state index is 10.6. The molecule has 1 aliphatic heterocycles. The highest BCUT2D eigenvalue weighted by Gasteiger charge is 2.18. The van der Waals surface area contributed by atoms with Crippen LogP contribution < -0.4 is 5.32 Å². The van der Waals surface area contributed by atoms with Gasteiger partial charge in [0.25, 0.3) is 0 Å². The highest BCUT2D eigenvalue weighted by atomic mass is 28.3. The smallest absolute Gasteiger partial charge is 0.309 e. The molecule has 17 heavy (non-hydrogen) atoms. The Bertz CT molecular complexity index is 300. The summed E-state index contributed by atoms with van der Waals surface area (Å²) in [6, 6.07) is 1.13. The molecule has 5 nitrogen and oxygen atoms in total. The number of carboxylic acids is 1. The fraction of sp³-hybridized carbons (Fsp3) is 0.727. The molecule has 1 aliphatic rings. The first-order chi connectivity index (χ1) is 7.88. The monoisotopic (exact) mass is 258 g/mol. The Labute approximate surface area is 103 Å². The van der Waals surface area contributed by atoms with Crippen LogP contribution in [0.5, 0.6) is 0 Å². The van der Waals surface area contributed by atoms with E-state index in [0.29, 0.717) is 13.4 Å². The maximum absolute atomic E-state index is 10.6. The third kappa shape index (κ3) is 5.74. The zero-order chi connectivity index (χ0) is 12.9. The van der Waals surface area contributed by atoms with E-state index in [1.807, 2.05) is 4.90 Å². The lowest BCUT2D eigenvalue weighted by atomic mass is 10.3. The SMILES string of the molecule is C[Si](C)(C)CCOCN1CNC=C1CC(=O)O. The molecule has 0 atom stereocenters. The van der Waals surface area contributed by atoms with Gasteiger partial charge in [-0.2, -0.15) is 0 Å². The number of carboxylic acid groups (broad SMARTS) is 1. The standard InChI is InChI=1S/C11H22N2O3Si/c1-17(2,3)5-4-16-9-13-8-12-7-10(13)6-11(14)15/h7,12H,4-6,8-9H2,1-3H3,(H,14,15). The number of hydrogen-bond donors (Lipinski definition) is 2. The van der Waals surface area contributed by atoms with Gasteiger partial charge in [-0.3, -0.25) is 4.79 Å². The van der Waals surface area contributed by atoms with Gasteiger partial charge in [-0.05, 0) is 6.04 Å². The molecule has 0 unspecified atom stereocenters. The molecule has 0 aromatic carbocycles. The Morgan fingerprint density at radius 1 is 1.59 bits per heavy atom. The van der Waals surface area contributed by atoms with Crippen molar-refractivity contribution < 1.29 is 14.6 Å². The average molecular weight is 258 g/mol. The number of ether oxygens (including phenoxy) is 1. The van der Waals surface area contributed by atoms with E-state index in [2.05, 4.69) is 25.0 Å². The Morgan fingerprint density at radius 3 is 2.88 bits per heavy atom. The topological polar surface area (TPSA) is 61.8 Å². The van der Waals surface area contributed by atoms with Gasteiger partial charge in [0, 0.05) is 26.6 Å². The van der Waals surface area contributed by atoms with Crippen LogP contribution in [-0.4, -0.2) is 44.1 Å². The molecule has 0 aromatic rings. The van der Waals surface area contributed by atoms with Gasteiger partial charge in [-0.25, -0.2) is 0 Å². The van der Waals surface area contributed by atoms with Crippen molar-refractivity contribution >= 4 is 14.0 Å². The molecule has 0 fully saturated rings. The first-order valence-corrected chi connectivity index (χ1v) is 9.56. The van der Waals surface area contributed by atoms with E-state index in [4.69, 9.17) is 9.84 Å². The molecular weight excluding hydrogens is 236 g/mol. The molecule has 1 heterocycles. The van der Waals surface area contributed by atoms with Gasteiger partial charge in [-0.1, -0.05) is 19.6 Å². The lowest BCUT2D eigenvalue weighted by molar-refractivity contribution is -0.136. The summed E-state index contributed by atoms with van der Waals surface area (Å²) in [5.74, 6) is -0.813. The van der Waals surface area contributed by atoms with Gasteiger partial charge < -0.3 is 20.1 Å². The van der Waals surface area contributed by atoms with Crippen molar-refractivity contribution in [1.82, 2.24) is 10.2 Å². The molecule has 1 rings (SSSR count). The molecule has 2 N–H and O–H groups in total. The minimum atomic E-state index is -1.05. The van der Waals surface area contributed by atoms with Crippen molar-refractivity contribution in [3.8, 4) is 0 Å². The minimum absolute atomic E-state index is 0.0460. The van der Waals surface area contributed by atoms with Crippen molar-refractivity contribution in [1.29, 1.82) is 0 Å². The van der Waals surface area contributed by atoms with Crippen LogP contribution in [0.1, 0.15) is 6.42 Å². The van der Waals surface area contributed by atoms with Gasteiger partial charge in [0.15, 0.2) is 0 Å². The van der Waals surface area contributed by atoms with Gasteiger partial charge in [0.2, 0.25) is 0 Å². The highest BCUT2D eigenvalue weighted by Crippen LogP contribution is 2.13. The van der Waals surface area contributed by atoms with Crippen LogP contribution in [0.2, 0.25) is 25.7 Å². The lowest BCUT2D eigenvalue weighted by Gasteiger charge is -2.22. The molecule has 0 bridgehead atoms. The highest BCUT2D eigenvalue weighted by molar-refractivity contribution is 6.76. The summed E-state index contributed by atoms with van der Waals surface area (Å²) in [7, 11) is -1.05. The van der Waals surface area contributed by atoms with Crippen molar-refractivity contribution in [3.05, 3.63) is 11.9 Å². The second kappa shape index (κ2) is 6.06. The summed E-state index contributed by atoms with van der Waals surface area (Å²) in [5, 5.41) is 11.8. The van der Waals surface area contributed by atoms with E-state index >= 15 is 0 Å². The Hall–Kier alpha value is -1.01. The molecule has 6 heteroatoms. The van der Waals surface area contributed by atoms with Crippen LogP contribution in [0.3, 0.4) is 0 Å². The summed E-state index contributed by atoms with van der Waals surface area (Å²) in [6.45, 7) is 8.79. The summed E-state index contributed by atoms with van der Waals surface area (Å²) in [4.78, 5) is 12.5. The van der Waals surface area contributed by atoms with E-state index in [0.717, 1.165) is 18.3 Å². The van der Waals surface area contributed by atoms with Crippen molar-refractivity contribution in [2.45, 2.75) is 32.1 Å². The van der Waals surface area contributed by atoms with Crippen LogP contribution in [0.15, 0.2) is 11.9 Å². The van der Waals surface area contributed by atoms with Crippen LogP contribution in [0.4, 0.5) is 0 Å². The van der Waals surface area contributed by atoms with Crippen molar-refractivity contribution in [3.63, 3.8) is 0 Å². The van der Waals surface area contributed by atoms with Gasteiger partial charge in [0.05, 0.1) is 13.1 Å². The number of rotatable bonds is 7. The fourth-order valence-corrected chi connectivity index (χ4v) is 2.22. The van der Waals surface area contributed by atoms with E-state index in [1.165, 1.54) is 0 Å². The maximum Gasteiger partial charge on any atom is 0.309 e. The van der Waals surface area contributed by atoms with E-state index in [1.54, 1.807) is 6.20 Å². The zero-order valence-corrected chi connectivity index (χ0v) is 11.8. The van der Waals surface area contributed by atoms with Gasteiger partial charge >= 0.3 is 5.97 Å². The first-order valence-electron chi connectivity index (χ1n) is 5.85. The third-order valence-electron chi connectivity index (χ3n) is 2.53. The quantitative estimate of drug-likeness (QED) is 0.535. The number of aliphatic carboxylic acids is 1. The number of hydrogen-bond acceptors (Lipinski definition) is 4. The Kier molecular flexibility index (Phi) is 5.01.